The minimum atomic E-state index is -0.803. The standard InChI is InChI=1S/C19H15BrFN5O2/c20-15-7-13(10-23)18(26-5-3-14(4-6-26)28-19(24)27)25-17(15)11-1-2-12(9-22)16(21)8-11/h1-2,7-8,14H,3-6H2,(H2,24,27). The highest BCUT2D eigenvalue weighted by atomic mass is 79.9. The topological polar surface area (TPSA) is 116 Å². The number of rotatable bonds is 3. The summed E-state index contributed by atoms with van der Waals surface area (Å²) in [5.74, 6) is -0.160. The second-order valence-corrected chi connectivity index (χ2v) is 7.09. The van der Waals surface area contributed by atoms with Gasteiger partial charge in [0.15, 0.2) is 0 Å². The molecule has 1 saturated heterocycles. The number of pyridine rings is 1. The maximum Gasteiger partial charge on any atom is 0.404 e. The minimum Gasteiger partial charge on any atom is -0.446 e. The van der Waals surface area contributed by atoms with Crippen LogP contribution in [0.15, 0.2) is 28.7 Å². The average molecular weight is 444 g/mol. The van der Waals surface area contributed by atoms with Gasteiger partial charge in [0.2, 0.25) is 0 Å². The van der Waals surface area contributed by atoms with Gasteiger partial charge in [0.05, 0.1) is 16.8 Å². The Balaban J connectivity index is 1.94. The summed E-state index contributed by atoms with van der Waals surface area (Å²) in [6.45, 7) is 1.06. The van der Waals surface area contributed by atoms with Crippen LogP contribution in [0.1, 0.15) is 24.0 Å². The molecule has 0 atom stereocenters. The van der Waals surface area contributed by atoms with E-state index in [1.807, 2.05) is 4.90 Å². The van der Waals surface area contributed by atoms with Crippen molar-refractivity contribution in [2.75, 3.05) is 18.0 Å². The van der Waals surface area contributed by atoms with Crippen LogP contribution >= 0.6 is 15.9 Å². The van der Waals surface area contributed by atoms with E-state index in [0.29, 0.717) is 53.0 Å². The fraction of sp³-hybridized carbons (Fsp3) is 0.263. The minimum absolute atomic E-state index is 0.0507. The number of carbonyl (C=O) groups excluding carboxylic acids is 1. The molecule has 0 unspecified atom stereocenters. The average Bonchev–Trinajstić information content (AvgIpc) is 2.68. The molecule has 2 heterocycles. The van der Waals surface area contributed by atoms with Crippen molar-refractivity contribution in [2.45, 2.75) is 18.9 Å². The molecule has 1 aromatic carbocycles. The second kappa shape index (κ2) is 8.24. The van der Waals surface area contributed by atoms with Crippen LogP contribution in [0.25, 0.3) is 11.3 Å². The molecule has 0 radical (unpaired) electrons. The molecule has 1 aliphatic heterocycles. The fourth-order valence-electron chi connectivity index (χ4n) is 3.11. The fourth-order valence-corrected chi connectivity index (χ4v) is 3.65. The number of carbonyl (C=O) groups is 1. The summed E-state index contributed by atoms with van der Waals surface area (Å²) < 4.78 is 19.6. The number of amides is 1. The molecule has 2 aromatic rings. The van der Waals surface area contributed by atoms with E-state index in [4.69, 9.17) is 15.7 Å². The van der Waals surface area contributed by atoms with Crippen LogP contribution in [0.5, 0.6) is 0 Å². The van der Waals surface area contributed by atoms with Crippen LogP contribution < -0.4 is 10.6 Å². The third kappa shape index (κ3) is 4.05. The monoisotopic (exact) mass is 443 g/mol. The van der Waals surface area contributed by atoms with E-state index < -0.39 is 11.9 Å². The highest BCUT2D eigenvalue weighted by Gasteiger charge is 2.25. The quantitative estimate of drug-likeness (QED) is 0.775. The maximum absolute atomic E-state index is 14.0. The van der Waals surface area contributed by atoms with Crippen molar-refractivity contribution in [3.63, 3.8) is 0 Å². The number of anilines is 1. The molecule has 0 aliphatic carbocycles. The first kappa shape index (κ1) is 19.6. The Bertz CT molecular complexity index is 1010. The lowest BCUT2D eigenvalue weighted by molar-refractivity contribution is 0.0911. The van der Waals surface area contributed by atoms with Crippen molar-refractivity contribution in [2.24, 2.45) is 5.73 Å². The summed E-state index contributed by atoms with van der Waals surface area (Å²) in [7, 11) is 0. The summed E-state index contributed by atoms with van der Waals surface area (Å²) in [5, 5.41) is 18.4. The number of aromatic nitrogens is 1. The maximum atomic E-state index is 14.0. The van der Waals surface area contributed by atoms with Crippen LogP contribution in [-0.4, -0.2) is 30.3 Å². The number of primary amides is 1. The van der Waals surface area contributed by atoms with E-state index in [1.165, 1.54) is 12.1 Å². The van der Waals surface area contributed by atoms with Gasteiger partial charge in [0.1, 0.15) is 29.9 Å². The van der Waals surface area contributed by atoms with Crippen LogP contribution in [0.4, 0.5) is 15.0 Å². The van der Waals surface area contributed by atoms with Crippen LogP contribution in [0.2, 0.25) is 0 Å². The molecule has 2 N–H and O–H groups in total. The molecule has 0 spiro atoms. The van der Waals surface area contributed by atoms with Crippen molar-refractivity contribution < 1.29 is 13.9 Å². The highest BCUT2D eigenvalue weighted by molar-refractivity contribution is 9.10. The number of benzene rings is 1. The lowest BCUT2D eigenvalue weighted by atomic mass is 10.1. The third-order valence-corrected chi connectivity index (χ3v) is 5.07. The number of ether oxygens (including phenoxy) is 1. The van der Waals surface area contributed by atoms with E-state index in [2.05, 4.69) is 27.0 Å². The van der Waals surface area contributed by atoms with Gasteiger partial charge in [-0.25, -0.2) is 14.2 Å². The van der Waals surface area contributed by atoms with E-state index in [1.54, 1.807) is 18.2 Å². The Kier molecular flexibility index (Phi) is 5.76. The van der Waals surface area contributed by atoms with E-state index >= 15 is 0 Å². The SMILES string of the molecule is N#Cc1ccc(-c2nc(N3CCC(OC(N)=O)CC3)c(C#N)cc2Br)cc1F. The number of nitrogens with two attached hydrogens (primary N) is 1. The molecule has 0 bridgehead atoms. The van der Waals surface area contributed by atoms with Crippen molar-refractivity contribution in [3.05, 3.63) is 45.7 Å². The number of halogens is 2. The van der Waals surface area contributed by atoms with Crippen molar-refractivity contribution in [1.29, 1.82) is 10.5 Å². The molecule has 1 aromatic heterocycles. The summed E-state index contributed by atoms with van der Waals surface area (Å²) in [6, 6.07) is 9.80. The molecule has 3 rings (SSSR count). The number of hydrogen-bond acceptors (Lipinski definition) is 6. The molecule has 7 nitrogen and oxygen atoms in total. The molecule has 9 heteroatoms. The molecular formula is C19H15BrFN5O2. The van der Waals surface area contributed by atoms with Gasteiger partial charge in [0, 0.05) is 36.0 Å². The number of hydrogen-bond donors (Lipinski definition) is 1. The molecule has 0 saturated carbocycles. The first-order chi connectivity index (χ1) is 13.4. The summed E-state index contributed by atoms with van der Waals surface area (Å²) in [4.78, 5) is 17.4. The lowest BCUT2D eigenvalue weighted by Crippen LogP contribution is -2.39. The Labute approximate surface area is 169 Å². The van der Waals surface area contributed by atoms with Crippen molar-refractivity contribution in [3.8, 4) is 23.4 Å². The first-order valence-electron chi connectivity index (χ1n) is 8.44. The zero-order chi connectivity index (χ0) is 20.3. The van der Waals surface area contributed by atoms with Crippen molar-refractivity contribution in [1.82, 2.24) is 4.98 Å². The van der Waals surface area contributed by atoms with Gasteiger partial charge in [0.25, 0.3) is 0 Å². The highest BCUT2D eigenvalue weighted by Crippen LogP contribution is 2.33. The Hall–Kier alpha value is -3.17. The number of piperidine rings is 1. The molecule has 1 amide bonds. The predicted molar refractivity (Wildman–Crippen MR) is 103 cm³/mol. The van der Waals surface area contributed by atoms with Gasteiger partial charge in [-0.3, -0.25) is 0 Å². The zero-order valence-electron chi connectivity index (χ0n) is 14.7. The van der Waals surface area contributed by atoms with Gasteiger partial charge in [-0.15, -0.1) is 0 Å². The molecule has 1 aliphatic rings. The van der Waals surface area contributed by atoms with Gasteiger partial charge < -0.3 is 15.4 Å². The van der Waals surface area contributed by atoms with Gasteiger partial charge in [-0.2, -0.15) is 10.5 Å². The predicted octanol–water partition coefficient (Wildman–Crippen LogP) is 3.46. The van der Waals surface area contributed by atoms with Crippen LogP contribution in [0.3, 0.4) is 0 Å². The molecule has 142 valence electrons. The van der Waals surface area contributed by atoms with E-state index in [0.717, 1.165) is 0 Å². The summed E-state index contributed by atoms with van der Waals surface area (Å²) >= 11 is 3.39. The Morgan fingerprint density at radius 2 is 1.93 bits per heavy atom. The molecule has 28 heavy (non-hydrogen) atoms. The van der Waals surface area contributed by atoms with Gasteiger partial charge in [-0.1, -0.05) is 6.07 Å². The largest absolute Gasteiger partial charge is 0.446 e. The van der Waals surface area contributed by atoms with Gasteiger partial charge in [-0.05, 0) is 34.1 Å². The number of nitrogens with zero attached hydrogens (tertiary/aromatic N) is 4. The van der Waals surface area contributed by atoms with Crippen LogP contribution in [0, 0.1) is 28.5 Å². The summed E-state index contributed by atoms with van der Waals surface area (Å²) in [6.07, 6.45) is 0.0589. The van der Waals surface area contributed by atoms with E-state index in [9.17, 15) is 14.4 Å². The van der Waals surface area contributed by atoms with Crippen LogP contribution in [-0.2, 0) is 4.74 Å². The van der Waals surface area contributed by atoms with Gasteiger partial charge >= 0.3 is 6.09 Å². The second-order valence-electron chi connectivity index (χ2n) is 6.23. The summed E-state index contributed by atoms with van der Waals surface area (Å²) in [5.41, 5.74) is 6.34. The lowest BCUT2D eigenvalue weighted by Gasteiger charge is -2.32. The van der Waals surface area contributed by atoms with E-state index in [-0.39, 0.29) is 11.7 Å². The third-order valence-electron chi connectivity index (χ3n) is 4.46. The smallest absolute Gasteiger partial charge is 0.404 e. The molecule has 1 fully saturated rings. The van der Waals surface area contributed by atoms with Crippen molar-refractivity contribution >= 4 is 27.8 Å². The molecular weight excluding hydrogens is 429 g/mol. The Morgan fingerprint density at radius 3 is 2.50 bits per heavy atom. The first-order valence-corrected chi connectivity index (χ1v) is 9.24. The number of nitriles is 2. The normalized spacial score (nSPS) is 14.2. The Morgan fingerprint density at radius 1 is 1.25 bits per heavy atom. The zero-order valence-corrected chi connectivity index (χ0v) is 16.2.